The van der Waals surface area contributed by atoms with Gasteiger partial charge < -0.3 is 10.1 Å². The number of ether oxygens (including phenoxy) is 1. The molecule has 102 valence electrons. The van der Waals surface area contributed by atoms with Crippen LogP contribution in [0.3, 0.4) is 0 Å². The lowest BCUT2D eigenvalue weighted by Gasteiger charge is -2.13. The molecule has 18 heavy (non-hydrogen) atoms. The first kappa shape index (κ1) is 14.3. The molecule has 0 fully saturated rings. The number of fused-ring (bicyclic) bond motifs is 1. The van der Waals surface area contributed by atoms with Gasteiger partial charge in [-0.25, -0.2) is 0 Å². The monoisotopic (exact) mass is 287 g/mol. The van der Waals surface area contributed by atoms with Crippen LogP contribution in [0, 0.1) is 5.92 Å². The molecule has 1 aliphatic carbocycles. The zero-order chi connectivity index (χ0) is 13.0. The average molecular weight is 288 g/mol. The summed E-state index contributed by atoms with van der Waals surface area (Å²) in [6.07, 6.45) is 3.47. The Balaban J connectivity index is 1.63. The Morgan fingerprint density at radius 1 is 1.56 bits per heavy atom. The van der Waals surface area contributed by atoms with Gasteiger partial charge in [-0.3, -0.25) is 0 Å². The molecule has 4 heteroatoms. The molecule has 0 radical (unpaired) electrons. The van der Waals surface area contributed by atoms with Crippen LogP contribution in [0.15, 0.2) is 6.07 Å². The van der Waals surface area contributed by atoms with Gasteiger partial charge in [-0.2, -0.15) is 0 Å². The highest BCUT2D eigenvalue weighted by atomic mass is 35.5. The number of halogens is 1. The fourth-order valence-electron chi connectivity index (χ4n) is 2.31. The molecule has 0 saturated heterocycles. The lowest BCUT2D eigenvalue weighted by atomic mass is 10.2. The molecule has 0 aromatic carbocycles. The lowest BCUT2D eigenvalue weighted by Crippen LogP contribution is -2.21. The van der Waals surface area contributed by atoms with Crippen molar-refractivity contribution >= 4 is 22.9 Å². The Labute approximate surface area is 119 Å². The predicted molar refractivity (Wildman–Crippen MR) is 78.7 cm³/mol. The van der Waals surface area contributed by atoms with Crippen molar-refractivity contribution in [3.05, 3.63) is 20.8 Å². The lowest BCUT2D eigenvalue weighted by molar-refractivity contribution is 0.107. The van der Waals surface area contributed by atoms with E-state index in [1.807, 2.05) is 0 Å². The number of hydrogen-bond acceptors (Lipinski definition) is 3. The SMILES string of the molecule is CC(C)COCCCNC1CCc2sc(Cl)cc21. The van der Waals surface area contributed by atoms with E-state index in [0.29, 0.717) is 12.0 Å². The average Bonchev–Trinajstić information content (AvgIpc) is 2.83. The summed E-state index contributed by atoms with van der Waals surface area (Å²) in [6.45, 7) is 7.11. The molecule has 1 atom stereocenters. The third kappa shape index (κ3) is 3.95. The normalized spacial score (nSPS) is 18.6. The van der Waals surface area contributed by atoms with E-state index in [-0.39, 0.29) is 0 Å². The molecule has 1 aliphatic rings. The van der Waals surface area contributed by atoms with Gasteiger partial charge in [0.25, 0.3) is 0 Å². The summed E-state index contributed by atoms with van der Waals surface area (Å²) in [5.41, 5.74) is 1.42. The van der Waals surface area contributed by atoms with Gasteiger partial charge in [-0.1, -0.05) is 25.4 Å². The van der Waals surface area contributed by atoms with E-state index in [1.54, 1.807) is 11.3 Å². The van der Waals surface area contributed by atoms with Crippen molar-refractivity contribution < 1.29 is 4.74 Å². The zero-order valence-corrected chi connectivity index (χ0v) is 12.7. The van der Waals surface area contributed by atoms with E-state index in [9.17, 15) is 0 Å². The van der Waals surface area contributed by atoms with Crippen LogP contribution in [-0.2, 0) is 11.2 Å². The zero-order valence-electron chi connectivity index (χ0n) is 11.2. The van der Waals surface area contributed by atoms with Crippen LogP contribution >= 0.6 is 22.9 Å². The molecule has 1 unspecified atom stereocenters. The Morgan fingerprint density at radius 3 is 3.17 bits per heavy atom. The summed E-state index contributed by atoms with van der Waals surface area (Å²) in [5.74, 6) is 0.628. The fraction of sp³-hybridized carbons (Fsp3) is 0.714. The standard InChI is InChI=1S/C14H22ClNOS/c1-10(2)9-17-7-3-6-16-12-4-5-13-11(12)8-14(15)18-13/h8,10,12,16H,3-7,9H2,1-2H3. The van der Waals surface area contributed by atoms with Gasteiger partial charge in [0.2, 0.25) is 0 Å². The molecule has 0 aliphatic heterocycles. The smallest absolute Gasteiger partial charge is 0.0934 e. The third-order valence-corrected chi connectivity index (χ3v) is 4.49. The van der Waals surface area contributed by atoms with Gasteiger partial charge in [0.15, 0.2) is 0 Å². The van der Waals surface area contributed by atoms with Crippen molar-refractivity contribution in [3.63, 3.8) is 0 Å². The van der Waals surface area contributed by atoms with E-state index in [4.69, 9.17) is 16.3 Å². The van der Waals surface area contributed by atoms with Crippen molar-refractivity contribution in [3.8, 4) is 0 Å². The second-order valence-corrected chi connectivity index (χ2v) is 7.06. The van der Waals surface area contributed by atoms with Crippen molar-refractivity contribution in [2.24, 2.45) is 5.92 Å². The number of rotatable bonds is 7. The molecular formula is C14H22ClNOS. The van der Waals surface area contributed by atoms with Crippen molar-refractivity contribution in [2.45, 2.75) is 39.2 Å². The van der Waals surface area contributed by atoms with Gasteiger partial charge >= 0.3 is 0 Å². The first-order valence-electron chi connectivity index (χ1n) is 6.76. The third-order valence-electron chi connectivity index (χ3n) is 3.15. The van der Waals surface area contributed by atoms with Gasteiger partial charge in [0.05, 0.1) is 4.34 Å². The van der Waals surface area contributed by atoms with Crippen LogP contribution in [0.2, 0.25) is 4.34 Å². The van der Waals surface area contributed by atoms with Crippen LogP contribution in [0.5, 0.6) is 0 Å². The summed E-state index contributed by atoms with van der Waals surface area (Å²) >= 11 is 7.78. The molecule has 1 heterocycles. The predicted octanol–water partition coefficient (Wildman–Crippen LogP) is 4.04. The number of aryl methyl sites for hydroxylation is 1. The van der Waals surface area contributed by atoms with E-state index in [2.05, 4.69) is 25.2 Å². The molecule has 0 spiro atoms. The first-order valence-corrected chi connectivity index (χ1v) is 7.95. The quantitative estimate of drug-likeness (QED) is 0.764. The highest BCUT2D eigenvalue weighted by molar-refractivity contribution is 7.16. The van der Waals surface area contributed by atoms with E-state index in [0.717, 1.165) is 30.5 Å². The molecule has 1 aromatic rings. The molecule has 2 nitrogen and oxygen atoms in total. The van der Waals surface area contributed by atoms with Crippen LogP contribution in [0.25, 0.3) is 0 Å². The highest BCUT2D eigenvalue weighted by Gasteiger charge is 2.24. The highest BCUT2D eigenvalue weighted by Crippen LogP contribution is 2.39. The molecular weight excluding hydrogens is 266 g/mol. The Kier molecular flexibility index (Phi) is 5.49. The minimum absolute atomic E-state index is 0.508. The van der Waals surface area contributed by atoms with Gasteiger partial charge in [-0.05, 0) is 43.4 Å². The maximum atomic E-state index is 6.05. The number of thiophene rings is 1. The van der Waals surface area contributed by atoms with Crippen molar-refractivity contribution in [1.29, 1.82) is 0 Å². The van der Waals surface area contributed by atoms with Crippen LogP contribution in [-0.4, -0.2) is 19.8 Å². The largest absolute Gasteiger partial charge is 0.381 e. The van der Waals surface area contributed by atoms with E-state index < -0.39 is 0 Å². The molecule has 1 N–H and O–H groups in total. The molecule has 0 saturated carbocycles. The maximum Gasteiger partial charge on any atom is 0.0934 e. The number of nitrogens with one attached hydrogen (secondary N) is 1. The molecule has 2 rings (SSSR count). The second kappa shape index (κ2) is 6.90. The first-order chi connectivity index (χ1) is 8.66. The van der Waals surface area contributed by atoms with Gasteiger partial charge in [0, 0.05) is 24.1 Å². The van der Waals surface area contributed by atoms with Crippen LogP contribution in [0.1, 0.15) is 43.2 Å². The minimum Gasteiger partial charge on any atom is -0.381 e. The summed E-state index contributed by atoms with van der Waals surface area (Å²) in [6, 6.07) is 2.63. The fourth-order valence-corrected chi connectivity index (χ4v) is 3.67. The molecule has 0 bridgehead atoms. The second-order valence-electron chi connectivity index (χ2n) is 5.30. The summed E-state index contributed by atoms with van der Waals surface area (Å²) < 4.78 is 6.50. The van der Waals surface area contributed by atoms with Crippen molar-refractivity contribution in [2.75, 3.05) is 19.8 Å². The molecule has 1 aromatic heterocycles. The topological polar surface area (TPSA) is 21.3 Å². The number of hydrogen-bond donors (Lipinski definition) is 1. The van der Waals surface area contributed by atoms with Crippen LogP contribution in [0.4, 0.5) is 0 Å². The minimum atomic E-state index is 0.508. The maximum absolute atomic E-state index is 6.05. The van der Waals surface area contributed by atoms with Crippen LogP contribution < -0.4 is 5.32 Å². The van der Waals surface area contributed by atoms with E-state index in [1.165, 1.54) is 23.3 Å². The molecule has 0 amide bonds. The summed E-state index contributed by atoms with van der Waals surface area (Å²) in [4.78, 5) is 1.47. The van der Waals surface area contributed by atoms with Gasteiger partial charge in [-0.15, -0.1) is 11.3 Å². The Hall–Kier alpha value is -0.0900. The van der Waals surface area contributed by atoms with Crippen molar-refractivity contribution in [1.82, 2.24) is 5.32 Å². The summed E-state index contributed by atoms with van der Waals surface area (Å²) in [7, 11) is 0. The van der Waals surface area contributed by atoms with Gasteiger partial charge in [0.1, 0.15) is 0 Å². The van der Waals surface area contributed by atoms with E-state index >= 15 is 0 Å². The Morgan fingerprint density at radius 2 is 2.39 bits per heavy atom. The Bertz CT molecular complexity index is 378. The summed E-state index contributed by atoms with van der Waals surface area (Å²) in [5, 5.41) is 3.61.